The van der Waals surface area contributed by atoms with Gasteiger partial charge in [0.05, 0.1) is 11.3 Å². The van der Waals surface area contributed by atoms with Crippen LogP contribution in [0.3, 0.4) is 0 Å². The number of hydrogen-bond donors (Lipinski definition) is 1. The van der Waals surface area contributed by atoms with Crippen molar-refractivity contribution in [1.82, 2.24) is 19.7 Å². The van der Waals surface area contributed by atoms with E-state index in [0.29, 0.717) is 28.8 Å². The molecule has 3 aromatic rings. The lowest BCUT2D eigenvalue weighted by molar-refractivity contribution is -0.129. The van der Waals surface area contributed by atoms with Crippen LogP contribution >= 0.6 is 11.8 Å². The second-order valence-corrected chi connectivity index (χ2v) is 8.38. The van der Waals surface area contributed by atoms with Crippen molar-refractivity contribution >= 4 is 17.7 Å². The number of amides is 1. The number of phenolic OH excluding ortho intramolecular Hbond substituents is 1. The maximum absolute atomic E-state index is 12.6. The molecule has 1 aliphatic heterocycles. The van der Waals surface area contributed by atoms with Crippen LogP contribution in [0, 0.1) is 0 Å². The van der Waals surface area contributed by atoms with Crippen molar-refractivity contribution in [3.05, 3.63) is 60.2 Å². The molecule has 0 bridgehead atoms. The third-order valence-electron chi connectivity index (χ3n) is 5.36. The number of likely N-dealkylation sites (tertiary alicyclic amines) is 1. The number of para-hydroxylation sites is 1. The Kier molecular flexibility index (Phi) is 6.69. The van der Waals surface area contributed by atoms with Crippen LogP contribution in [0.15, 0.2) is 59.8 Å². The lowest BCUT2D eigenvalue weighted by atomic mass is 10.1. The number of nitrogens with zero attached hydrogens (tertiary/aromatic N) is 4. The van der Waals surface area contributed by atoms with E-state index in [2.05, 4.69) is 22.3 Å². The second-order valence-electron chi connectivity index (χ2n) is 7.44. The van der Waals surface area contributed by atoms with Crippen molar-refractivity contribution in [1.29, 1.82) is 0 Å². The van der Waals surface area contributed by atoms with Gasteiger partial charge in [-0.3, -0.25) is 4.79 Å². The zero-order valence-electron chi connectivity index (χ0n) is 16.9. The molecule has 0 atom stereocenters. The summed E-state index contributed by atoms with van der Waals surface area (Å²) in [5, 5.41) is 19.7. The summed E-state index contributed by atoms with van der Waals surface area (Å²) in [4.78, 5) is 14.6. The molecule has 156 valence electrons. The molecule has 0 saturated carbocycles. The topological polar surface area (TPSA) is 71.2 Å². The average Bonchev–Trinajstić information content (AvgIpc) is 3.20. The van der Waals surface area contributed by atoms with Crippen molar-refractivity contribution in [2.45, 2.75) is 37.4 Å². The molecule has 2 aromatic carbocycles. The summed E-state index contributed by atoms with van der Waals surface area (Å²) in [6.45, 7) is 2.37. The second kappa shape index (κ2) is 9.80. The van der Waals surface area contributed by atoms with Gasteiger partial charge in [0, 0.05) is 19.6 Å². The van der Waals surface area contributed by atoms with Crippen LogP contribution in [0.5, 0.6) is 5.75 Å². The molecule has 0 aliphatic carbocycles. The predicted molar refractivity (Wildman–Crippen MR) is 118 cm³/mol. The minimum Gasteiger partial charge on any atom is -0.507 e. The lowest BCUT2D eigenvalue weighted by Gasteiger charge is -2.26. The first kappa shape index (κ1) is 20.5. The summed E-state index contributed by atoms with van der Waals surface area (Å²) in [5.41, 5.74) is 1.86. The molecule has 1 saturated heterocycles. The number of thioether (sulfide) groups is 1. The van der Waals surface area contributed by atoms with E-state index < -0.39 is 0 Å². The maximum Gasteiger partial charge on any atom is 0.233 e. The number of aromatic nitrogens is 3. The van der Waals surface area contributed by atoms with Gasteiger partial charge in [-0.1, -0.05) is 54.2 Å². The number of hydrogen-bond acceptors (Lipinski definition) is 5. The predicted octanol–water partition coefficient (Wildman–Crippen LogP) is 4.00. The first-order valence-electron chi connectivity index (χ1n) is 10.4. The summed E-state index contributed by atoms with van der Waals surface area (Å²) in [7, 11) is 0. The van der Waals surface area contributed by atoms with Crippen LogP contribution < -0.4 is 0 Å². The highest BCUT2D eigenvalue weighted by Crippen LogP contribution is 2.30. The van der Waals surface area contributed by atoms with Crippen LogP contribution in [0.2, 0.25) is 0 Å². The van der Waals surface area contributed by atoms with Gasteiger partial charge in [0.2, 0.25) is 5.91 Å². The molecule has 2 heterocycles. The van der Waals surface area contributed by atoms with Crippen LogP contribution in [0.1, 0.15) is 24.8 Å². The Balaban J connectivity index is 1.54. The molecule has 0 unspecified atom stereocenters. The largest absolute Gasteiger partial charge is 0.507 e. The molecule has 0 spiro atoms. The van der Waals surface area contributed by atoms with Crippen LogP contribution in [0.25, 0.3) is 11.4 Å². The number of phenols is 1. The molecule has 7 heteroatoms. The Labute approximate surface area is 180 Å². The van der Waals surface area contributed by atoms with Gasteiger partial charge in [0.25, 0.3) is 0 Å². The normalized spacial score (nSPS) is 14.1. The third-order valence-corrected chi connectivity index (χ3v) is 6.31. The van der Waals surface area contributed by atoms with Crippen molar-refractivity contribution in [3.63, 3.8) is 0 Å². The van der Waals surface area contributed by atoms with Gasteiger partial charge in [-0.2, -0.15) is 0 Å². The third kappa shape index (κ3) is 4.84. The fraction of sp³-hybridized carbons (Fsp3) is 0.348. The Morgan fingerprint density at radius 1 is 0.967 bits per heavy atom. The average molecular weight is 423 g/mol. The Morgan fingerprint density at radius 2 is 1.70 bits per heavy atom. The fourth-order valence-electron chi connectivity index (χ4n) is 3.71. The molecule has 1 aromatic heterocycles. The van der Waals surface area contributed by atoms with Crippen molar-refractivity contribution in [2.75, 3.05) is 18.8 Å². The summed E-state index contributed by atoms with van der Waals surface area (Å²) in [5.74, 6) is 1.30. The number of carbonyl (C=O) groups excluding carboxylic acids is 1. The van der Waals surface area contributed by atoms with Crippen molar-refractivity contribution < 1.29 is 9.90 Å². The lowest BCUT2D eigenvalue weighted by Crippen LogP contribution is -2.36. The molecule has 0 radical (unpaired) electrons. The molecule has 1 fully saturated rings. The Morgan fingerprint density at radius 3 is 2.47 bits per heavy atom. The standard InChI is InChI=1S/C23H26N4O2S/c28-20-12-6-5-11-19(20)22-24-25-23(27(22)16-13-18-9-3-1-4-10-18)30-17-21(29)26-14-7-2-8-15-26/h1,3-6,9-12,28H,2,7-8,13-17H2. The van der Waals surface area contributed by atoms with Crippen molar-refractivity contribution in [3.8, 4) is 17.1 Å². The van der Waals surface area contributed by atoms with Gasteiger partial charge in [-0.15, -0.1) is 10.2 Å². The SMILES string of the molecule is O=C(CSc1nnc(-c2ccccc2O)n1CCc1ccccc1)N1CCCCC1. The van der Waals surface area contributed by atoms with Gasteiger partial charge < -0.3 is 14.6 Å². The van der Waals surface area contributed by atoms with Gasteiger partial charge in [-0.05, 0) is 43.4 Å². The van der Waals surface area contributed by atoms with E-state index in [4.69, 9.17) is 0 Å². The van der Waals surface area contributed by atoms with E-state index in [-0.39, 0.29) is 11.7 Å². The summed E-state index contributed by atoms with van der Waals surface area (Å²) >= 11 is 1.42. The molecule has 30 heavy (non-hydrogen) atoms. The highest BCUT2D eigenvalue weighted by molar-refractivity contribution is 7.99. The Hall–Kier alpha value is -2.80. The van der Waals surface area contributed by atoms with Gasteiger partial charge in [0.15, 0.2) is 11.0 Å². The number of aromatic hydroxyl groups is 1. The molecular weight excluding hydrogens is 396 g/mol. The first-order chi connectivity index (χ1) is 14.7. The molecule has 6 nitrogen and oxygen atoms in total. The van der Waals surface area contributed by atoms with E-state index >= 15 is 0 Å². The molecule has 1 N–H and O–H groups in total. The highest BCUT2D eigenvalue weighted by atomic mass is 32.2. The van der Waals surface area contributed by atoms with Crippen molar-refractivity contribution in [2.24, 2.45) is 0 Å². The number of benzene rings is 2. The van der Waals surface area contributed by atoms with E-state index in [9.17, 15) is 9.90 Å². The fourth-order valence-corrected chi connectivity index (χ4v) is 4.57. The van der Waals surface area contributed by atoms with E-state index in [1.807, 2.05) is 39.8 Å². The summed E-state index contributed by atoms with van der Waals surface area (Å²) in [6.07, 6.45) is 4.18. The monoisotopic (exact) mass is 422 g/mol. The minimum absolute atomic E-state index is 0.154. The van der Waals surface area contributed by atoms with Gasteiger partial charge >= 0.3 is 0 Å². The zero-order valence-corrected chi connectivity index (χ0v) is 17.7. The van der Waals surface area contributed by atoms with Gasteiger partial charge in [0.1, 0.15) is 5.75 Å². The number of rotatable bonds is 7. The minimum atomic E-state index is 0.154. The molecule has 1 aliphatic rings. The van der Waals surface area contributed by atoms with Crippen LogP contribution in [-0.2, 0) is 17.8 Å². The Bertz CT molecular complexity index is 984. The van der Waals surface area contributed by atoms with E-state index in [0.717, 1.165) is 32.4 Å². The summed E-state index contributed by atoms with van der Waals surface area (Å²) in [6, 6.07) is 17.4. The summed E-state index contributed by atoms with van der Waals surface area (Å²) < 4.78 is 2.01. The number of piperidine rings is 1. The maximum atomic E-state index is 12.6. The van der Waals surface area contributed by atoms with E-state index in [1.165, 1.54) is 23.7 Å². The van der Waals surface area contributed by atoms with E-state index in [1.54, 1.807) is 12.1 Å². The molecular formula is C23H26N4O2S. The first-order valence-corrected chi connectivity index (χ1v) is 11.4. The molecule has 4 rings (SSSR count). The van der Waals surface area contributed by atoms with Crippen LogP contribution in [0.4, 0.5) is 0 Å². The highest BCUT2D eigenvalue weighted by Gasteiger charge is 2.20. The number of carbonyl (C=O) groups is 1. The molecule has 1 amide bonds. The van der Waals surface area contributed by atoms with Crippen LogP contribution in [-0.4, -0.2) is 49.5 Å². The quantitative estimate of drug-likeness (QED) is 0.583. The zero-order chi connectivity index (χ0) is 20.8. The van der Waals surface area contributed by atoms with Gasteiger partial charge in [-0.25, -0.2) is 0 Å². The number of aryl methyl sites for hydroxylation is 1. The smallest absolute Gasteiger partial charge is 0.233 e.